The van der Waals surface area contributed by atoms with Gasteiger partial charge in [-0.3, -0.25) is 19.8 Å². The van der Waals surface area contributed by atoms with Gasteiger partial charge in [0.05, 0.1) is 5.69 Å². The zero-order valence-corrected chi connectivity index (χ0v) is 12.8. The highest BCUT2D eigenvalue weighted by Gasteiger charge is 2.24. The van der Waals surface area contributed by atoms with Gasteiger partial charge in [-0.15, -0.1) is 0 Å². The lowest BCUT2D eigenvalue weighted by atomic mass is 10.1. The van der Waals surface area contributed by atoms with Crippen LogP contribution in [-0.2, 0) is 9.59 Å². The van der Waals surface area contributed by atoms with E-state index in [2.05, 4.69) is 16.1 Å². The summed E-state index contributed by atoms with van der Waals surface area (Å²) in [5.74, 6) is -0.467. The van der Waals surface area contributed by atoms with E-state index >= 15 is 0 Å². The first-order chi connectivity index (χ1) is 11.1. The van der Waals surface area contributed by atoms with Crippen molar-refractivity contribution in [3.63, 3.8) is 0 Å². The maximum absolute atomic E-state index is 12.2. The molecule has 3 N–H and O–H groups in total. The van der Waals surface area contributed by atoms with Crippen molar-refractivity contribution in [2.24, 2.45) is 0 Å². The zero-order chi connectivity index (χ0) is 16.2. The number of anilines is 1. The van der Waals surface area contributed by atoms with E-state index < -0.39 is 0 Å². The topological polar surface area (TPSA) is 90.5 Å². The normalized spacial score (nSPS) is 21.7. The Morgan fingerprint density at radius 3 is 2.65 bits per heavy atom. The van der Waals surface area contributed by atoms with Gasteiger partial charge in [0.2, 0.25) is 11.8 Å². The Bertz CT molecular complexity index is 608. The van der Waals surface area contributed by atoms with Gasteiger partial charge in [0, 0.05) is 31.0 Å². The number of carbonyl (C=O) groups excluding carboxylic acids is 3. The summed E-state index contributed by atoms with van der Waals surface area (Å²) in [4.78, 5) is 35.5. The number of piperidine rings is 1. The molecule has 2 saturated heterocycles. The third kappa shape index (κ3) is 3.68. The predicted octanol–water partition coefficient (Wildman–Crippen LogP) is 0.326. The molecule has 0 unspecified atom stereocenters. The minimum Gasteiger partial charge on any atom is -0.348 e. The predicted molar refractivity (Wildman–Crippen MR) is 84.7 cm³/mol. The van der Waals surface area contributed by atoms with Crippen LogP contribution in [0, 0.1) is 0 Å². The first-order valence-corrected chi connectivity index (χ1v) is 7.87. The van der Waals surface area contributed by atoms with Gasteiger partial charge in [0.25, 0.3) is 5.91 Å². The average molecular weight is 316 g/mol. The number of benzene rings is 1. The molecule has 1 atom stereocenters. The summed E-state index contributed by atoms with van der Waals surface area (Å²) in [6.07, 6.45) is 2.44. The molecule has 1 aromatic carbocycles. The summed E-state index contributed by atoms with van der Waals surface area (Å²) < 4.78 is 0. The first-order valence-electron chi connectivity index (χ1n) is 7.87. The lowest BCUT2D eigenvalue weighted by molar-refractivity contribution is -0.130. The molecule has 0 aliphatic carbocycles. The molecule has 0 saturated carbocycles. The number of hydrogen-bond acceptors (Lipinski definition) is 4. The molecule has 122 valence electrons. The fourth-order valence-corrected chi connectivity index (χ4v) is 2.79. The number of carbonyl (C=O) groups is 3. The molecule has 7 heteroatoms. The molecule has 3 rings (SSSR count). The van der Waals surface area contributed by atoms with E-state index in [9.17, 15) is 14.4 Å². The van der Waals surface area contributed by atoms with Crippen LogP contribution in [0.25, 0.3) is 0 Å². The summed E-state index contributed by atoms with van der Waals surface area (Å²) in [7, 11) is 0. The van der Waals surface area contributed by atoms with Crippen molar-refractivity contribution in [2.75, 3.05) is 18.1 Å². The summed E-state index contributed by atoms with van der Waals surface area (Å²) in [6.45, 7) is 1.79. The van der Waals surface area contributed by atoms with Crippen LogP contribution in [0.3, 0.4) is 0 Å². The molecule has 0 radical (unpaired) electrons. The molecule has 2 aliphatic heterocycles. The minimum absolute atomic E-state index is 0.126. The maximum Gasteiger partial charge on any atom is 0.251 e. The summed E-state index contributed by atoms with van der Waals surface area (Å²) in [5.41, 5.74) is 3.62. The molecule has 0 spiro atoms. The second-order valence-corrected chi connectivity index (χ2v) is 5.83. The Morgan fingerprint density at radius 2 is 1.96 bits per heavy atom. The van der Waals surface area contributed by atoms with Crippen LogP contribution in [0.15, 0.2) is 24.3 Å². The fourth-order valence-electron chi connectivity index (χ4n) is 2.79. The Hall–Kier alpha value is -2.41. The number of nitrogens with one attached hydrogen (secondary N) is 3. The Labute approximate surface area is 134 Å². The average Bonchev–Trinajstić information content (AvgIpc) is 2.58. The first kappa shape index (κ1) is 15.5. The van der Waals surface area contributed by atoms with E-state index in [1.807, 2.05) is 0 Å². The maximum atomic E-state index is 12.2. The lowest BCUT2D eigenvalue weighted by Gasteiger charge is -2.27. The van der Waals surface area contributed by atoms with E-state index in [-0.39, 0.29) is 36.6 Å². The zero-order valence-electron chi connectivity index (χ0n) is 12.8. The van der Waals surface area contributed by atoms with Crippen molar-refractivity contribution in [3.8, 4) is 0 Å². The van der Waals surface area contributed by atoms with E-state index in [1.165, 1.54) is 5.01 Å². The van der Waals surface area contributed by atoms with Crippen LogP contribution in [0.1, 0.15) is 36.0 Å². The molecular formula is C16H20N4O3. The van der Waals surface area contributed by atoms with Crippen LogP contribution in [0.2, 0.25) is 0 Å². The molecule has 23 heavy (non-hydrogen) atoms. The van der Waals surface area contributed by atoms with Crippen LogP contribution in [-0.4, -0.2) is 36.9 Å². The second-order valence-electron chi connectivity index (χ2n) is 5.83. The SMILES string of the molecule is O=C1CCC(=O)N(c2ccc(C(=O)N[C@H]3CCCNC3)cc2)N1. The van der Waals surface area contributed by atoms with Crippen molar-refractivity contribution in [1.82, 2.24) is 16.1 Å². The van der Waals surface area contributed by atoms with Gasteiger partial charge < -0.3 is 10.6 Å². The molecule has 0 bridgehead atoms. The summed E-state index contributed by atoms with van der Waals surface area (Å²) in [5, 5.41) is 7.49. The molecule has 2 aliphatic rings. The van der Waals surface area contributed by atoms with Crippen molar-refractivity contribution >= 4 is 23.4 Å². The third-order valence-corrected chi connectivity index (χ3v) is 4.07. The van der Waals surface area contributed by atoms with E-state index in [0.29, 0.717) is 11.3 Å². The van der Waals surface area contributed by atoms with Crippen molar-refractivity contribution in [2.45, 2.75) is 31.7 Å². The number of hydrazine groups is 1. The Kier molecular flexibility index (Phi) is 4.57. The largest absolute Gasteiger partial charge is 0.348 e. The summed E-state index contributed by atoms with van der Waals surface area (Å²) >= 11 is 0. The quantitative estimate of drug-likeness (QED) is 0.749. The van der Waals surface area contributed by atoms with Gasteiger partial charge in [0.1, 0.15) is 0 Å². The second kappa shape index (κ2) is 6.78. The van der Waals surface area contributed by atoms with Crippen molar-refractivity contribution < 1.29 is 14.4 Å². The van der Waals surface area contributed by atoms with Crippen LogP contribution in [0.5, 0.6) is 0 Å². The number of rotatable bonds is 3. The van der Waals surface area contributed by atoms with Gasteiger partial charge in [-0.1, -0.05) is 0 Å². The fraction of sp³-hybridized carbons (Fsp3) is 0.438. The van der Waals surface area contributed by atoms with Gasteiger partial charge >= 0.3 is 0 Å². The Morgan fingerprint density at radius 1 is 1.17 bits per heavy atom. The number of amides is 3. The molecule has 0 aromatic heterocycles. The third-order valence-electron chi connectivity index (χ3n) is 4.07. The van der Waals surface area contributed by atoms with Crippen molar-refractivity contribution in [3.05, 3.63) is 29.8 Å². The molecule has 1 aromatic rings. The minimum atomic E-state index is -0.184. The van der Waals surface area contributed by atoms with Crippen LogP contribution < -0.4 is 21.1 Å². The van der Waals surface area contributed by atoms with Crippen molar-refractivity contribution in [1.29, 1.82) is 0 Å². The molecular weight excluding hydrogens is 296 g/mol. The van der Waals surface area contributed by atoms with Crippen LogP contribution >= 0.6 is 0 Å². The molecule has 2 heterocycles. The van der Waals surface area contributed by atoms with Gasteiger partial charge in [-0.05, 0) is 43.7 Å². The summed E-state index contributed by atoms with van der Waals surface area (Å²) in [6, 6.07) is 6.80. The van der Waals surface area contributed by atoms with E-state index in [1.54, 1.807) is 24.3 Å². The number of hydrogen-bond donors (Lipinski definition) is 3. The standard InChI is InChI=1S/C16H20N4O3/c21-14-7-8-15(22)20(19-14)13-5-3-11(4-6-13)16(23)18-12-2-1-9-17-10-12/h3-6,12,17H,1-2,7-10H2,(H,18,23)(H,19,21)/t12-/m0/s1. The van der Waals surface area contributed by atoms with Gasteiger partial charge in [-0.25, -0.2) is 5.01 Å². The van der Waals surface area contributed by atoms with Crippen LogP contribution in [0.4, 0.5) is 5.69 Å². The lowest BCUT2D eigenvalue weighted by Crippen LogP contribution is -2.50. The van der Waals surface area contributed by atoms with Gasteiger partial charge in [0.15, 0.2) is 0 Å². The molecule has 2 fully saturated rings. The Balaban J connectivity index is 1.65. The number of nitrogens with zero attached hydrogens (tertiary/aromatic N) is 1. The monoisotopic (exact) mass is 316 g/mol. The highest BCUT2D eigenvalue weighted by Crippen LogP contribution is 2.18. The highest BCUT2D eigenvalue weighted by atomic mass is 16.2. The van der Waals surface area contributed by atoms with E-state index in [0.717, 1.165) is 25.9 Å². The smallest absolute Gasteiger partial charge is 0.251 e. The highest BCUT2D eigenvalue weighted by molar-refractivity contribution is 6.01. The van der Waals surface area contributed by atoms with Gasteiger partial charge in [-0.2, -0.15) is 0 Å². The van der Waals surface area contributed by atoms with E-state index in [4.69, 9.17) is 0 Å². The molecule has 3 amide bonds. The molecule has 7 nitrogen and oxygen atoms in total.